The lowest BCUT2D eigenvalue weighted by Gasteiger charge is -2.25. The first-order valence-electron chi connectivity index (χ1n) is 12.7. The van der Waals surface area contributed by atoms with E-state index in [2.05, 4.69) is 29.9 Å². The summed E-state index contributed by atoms with van der Waals surface area (Å²) < 4.78 is 76.6. The monoisotopic (exact) mass is 660 g/mol. The van der Waals surface area contributed by atoms with Gasteiger partial charge in [-0.3, -0.25) is 27.2 Å². The number of aliphatic hydroxyl groups excluding tert-OH is 1. The average molecular weight is 660 g/mol. The highest BCUT2D eigenvalue weighted by Gasteiger charge is 2.54. The molecule has 44 heavy (non-hydrogen) atoms. The van der Waals surface area contributed by atoms with E-state index in [9.17, 15) is 24.0 Å². The number of anilines is 2. The van der Waals surface area contributed by atoms with Crippen LogP contribution in [0.15, 0.2) is 25.3 Å². The summed E-state index contributed by atoms with van der Waals surface area (Å²) in [6, 6.07) is 0. The number of rotatable bonds is 2. The number of fused-ring (bicyclic) bond motifs is 5. The van der Waals surface area contributed by atoms with Crippen LogP contribution >= 0.6 is 15.6 Å². The molecule has 3 aliphatic heterocycles. The van der Waals surface area contributed by atoms with E-state index in [-0.39, 0.29) is 34.0 Å². The molecule has 10 atom stereocenters. The molecular formula is C20H23FN10O11P2. The minimum Gasteiger partial charge on any atom is -0.387 e. The van der Waals surface area contributed by atoms with Crippen LogP contribution in [0.3, 0.4) is 0 Å². The highest BCUT2D eigenvalue weighted by atomic mass is 31.2. The van der Waals surface area contributed by atoms with Crippen molar-refractivity contribution in [2.45, 2.75) is 49.1 Å². The fraction of sp³-hybridized carbons (Fsp3) is 0.500. The zero-order valence-electron chi connectivity index (χ0n) is 22.0. The van der Waals surface area contributed by atoms with Gasteiger partial charge in [-0.2, -0.15) is 0 Å². The Morgan fingerprint density at radius 3 is 1.86 bits per heavy atom. The van der Waals surface area contributed by atoms with Crippen molar-refractivity contribution < 1.29 is 56.0 Å². The number of phosphoric acid groups is 2. The molecule has 3 aliphatic rings. The fourth-order valence-electron chi connectivity index (χ4n) is 5.19. The first-order valence-corrected chi connectivity index (χ1v) is 15.7. The number of hydrogen-bond acceptors (Lipinski definition) is 17. The molecule has 0 aromatic carbocycles. The maximum atomic E-state index is 15.9. The quantitative estimate of drug-likeness (QED) is 0.167. The maximum absolute atomic E-state index is 15.9. The predicted octanol–water partition coefficient (Wildman–Crippen LogP) is -0.658. The van der Waals surface area contributed by atoms with E-state index < -0.39 is 78.0 Å². The topological polar surface area (TPSA) is 289 Å². The van der Waals surface area contributed by atoms with Gasteiger partial charge in [0.1, 0.15) is 54.2 Å². The van der Waals surface area contributed by atoms with Crippen molar-refractivity contribution in [2.75, 3.05) is 24.7 Å². The van der Waals surface area contributed by atoms with Gasteiger partial charge in [-0.25, -0.2) is 43.4 Å². The highest BCUT2D eigenvalue weighted by molar-refractivity contribution is 7.47. The summed E-state index contributed by atoms with van der Waals surface area (Å²) in [5.74, 6) is 0.0318. The molecule has 2 bridgehead atoms. The van der Waals surface area contributed by atoms with Gasteiger partial charge in [0.05, 0.1) is 25.9 Å². The lowest BCUT2D eigenvalue weighted by Crippen LogP contribution is -2.35. The molecule has 236 valence electrons. The summed E-state index contributed by atoms with van der Waals surface area (Å²) in [4.78, 5) is 45.1. The predicted molar refractivity (Wildman–Crippen MR) is 139 cm³/mol. The number of hydrogen-bond donors (Lipinski definition) is 5. The normalized spacial score (nSPS) is 38.3. The largest absolute Gasteiger partial charge is 0.472 e. The molecule has 4 aromatic rings. The summed E-state index contributed by atoms with van der Waals surface area (Å²) in [5, 5.41) is 11.0. The van der Waals surface area contributed by atoms with Gasteiger partial charge >= 0.3 is 15.6 Å². The Labute approximate surface area is 244 Å². The number of alkyl halides is 1. The van der Waals surface area contributed by atoms with Crippen molar-refractivity contribution in [2.24, 2.45) is 0 Å². The van der Waals surface area contributed by atoms with Crippen LogP contribution in [-0.4, -0.2) is 104 Å². The Balaban J connectivity index is 1.20. The molecule has 0 saturated carbocycles. The fourth-order valence-corrected chi connectivity index (χ4v) is 7.08. The number of aliphatic hydroxyl groups is 1. The van der Waals surface area contributed by atoms with Gasteiger partial charge in [-0.15, -0.1) is 0 Å². The maximum Gasteiger partial charge on any atom is 0.472 e. The third-order valence-electron chi connectivity index (χ3n) is 7.22. The first kappa shape index (κ1) is 29.4. The Hall–Kier alpha value is -3.27. The summed E-state index contributed by atoms with van der Waals surface area (Å²) >= 11 is 0. The van der Waals surface area contributed by atoms with Crippen molar-refractivity contribution in [3.05, 3.63) is 25.3 Å². The van der Waals surface area contributed by atoms with E-state index in [4.69, 9.17) is 39.0 Å². The number of ether oxygens (including phenoxy) is 2. The van der Waals surface area contributed by atoms with Gasteiger partial charge in [0.2, 0.25) is 0 Å². The Bertz CT molecular complexity index is 1830. The van der Waals surface area contributed by atoms with Crippen LogP contribution in [0.1, 0.15) is 12.5 Å². The number of imidazole rings is 2. The van der Waals surface area contributed by atoms with Gasteiger partial charge in [0.15, 0.2) is 41.6 Å². The van der Waals surface area contributed by atoms with Gasteiger partial charge in [-0.05, 0) is 0 Å². The van der Waals surface area contributed by atoms with Gasteiger partial charge < -0.3 is 35.8 Å². The summed E-state index contributed by atoms with van der Waals surface area (Å²) in [5.41, 5.74) is 12.1. The number of aromatic nitrogens is 8. The molecule has 0 radical (unpaired) electrons. The summed E-state index contributed by atoms with van der Waals surface area (Å²) in [7, 11) is -10.2. The molecule has 0 amide bonds. The van der Waals surface area contributed by atoms with Crippen molar-refractivity contribution in [1.29, 1.82) is 0 Å². The number of nitrogen functional groups attached to an aromatic ring is 2. The van der Waals surface area contributed by atoms with Crippen LogP contribution in [-0.2, 0) is 36.7 Å². The van der Waals surface area contributed by atoms with E-state index in [1.54, 1.807) is 0 Å². The van der Waals surface area contributed by atoms with E-state index >= 15 is 4.39 Å². The minimum absolute atomic E-state index is 0.00729. The Kier molecular flexibility index (Phi) is 7.14. The second kappa shape index (κ2) is 10.7. The molecule has 7 heterocycles. The van der Waals surface area contributed by atoms with Crippen LogP contribution in [0.5, 0.6) is 0 Å². The van der Waals surface area contributed by atoms with Crippen LogP contribution in [0, 0.1) is 0 Å². The van der Waals surface area contributed by atoms with Gasteiger partial charge in [0.25, 0.3) is 0 Å². The molecule has 3 saturated heterocycles. The molecular weight excluding hydrogens is 637 g/mol. The summed E-state index contributed by atoms with van der Waals surface area (Å²) in [6.07, 6.45) is -8.72. The van der Waals surface area contributed by atoms with Crippen LogP contribution in [0.2, 0.25) is 0 Å². The molecule has 0 spiro atoms. The van der Waals surface area contributed by atoms with Crippen molar-refractivity contribution >= 4 is 49.6 Å². The number of halogens is 1. The summed E-state index contributed by atoms with van der Waals surface area (Å²) in [6.45, 7) is -1.68. The van der Waals surface area contributed by atoms with Crippen LogP contribution < -0.4 is 11.5 Å². The zero-order chi connectivity index (χ0) is 31.0. The molecule has 7 rings (SSSR count). The molecule has 3 fully saturated rings. The first-order chi connectivity index (χ1) is 20.9. The second-order valence-corrected chi connectivity index (χ2v) is 12.7. The lowest BCUT2D eigenvalue weighted by molar-refractivity contribution is -0.0671. The molecule has 4 aromatic heterocycles. The molecule has 2 unspecified atom stereocenters. The molecule has 24 heteroatoms. The smallest absolute Gasteiger partial charge is 0.387 e. The van der Waals surface area contributed by atoms with Crippen LogP contribution in [0.4, 0.5) is 16.0 Å². The Morgan fingerprint density at radius 2 is 1.27 bits per heavy atom. The molecule has 7 N–H and O–H groups in total. The Morgan fingerprint density at radius 1 is 0.773 bits per heavy atom. The lowest BCUT2D eigenvalue weighted by atomic mass is 10.1. The number of nitrogens with two attached hydrogens (primary N) is 2. The van der Waals surface area contributed by atoms with E-state index in [1.807, 2.05) is 0 Å². The van der Waals surface area contributed by atoms with E-state index in [1.165, 1.54) is 10.9 Å². The number of phosphoric ester groups is 2. The third-order valence-corrected chi connectivity index (χ3v) is 9.19. The average Bonchev–Trinajstić information content (AvgIpc) is 3.73. The zero-order valence-corrected chi connectivity index (χ0v) is 23.7. The highest BCUT2D eigenvalue weighted by Crippen LogP contribution is 2.54. The van der Waals surface area contributed by atoms with Crippen molar-refractivity contribution in [3.8, 4) is 0 Å². The van der Waals surface area contributed by atoms with Crippen molar-refractivity contribution in [1.82, 2.24) is 39.0 Å². The SMILES string of the molecule is Nc1ncnc2c1ncn2[C@@H]1O[C@@H]2COP(=O)(O)O[C@H]3[C@@H](O)[C@@H](COP(=O)(O)O[C@@H]2[C@@H]1F)O[C@H]3n1cnc2c(N)ncnc21. The van der Waals surface area contributed by atoms with E-state index in [0.29, 0.717) is 0 Å². The van der Waals surface area contributed by atoms with E-state index in [0.717, 1.165) is 23.5 Å². The van der Waals surface area contributed by atoms with Gasteiger partial charge in [-0.1, -0.05) is 0 Å². The second-order valence-electron chi connectivity index (χ2n) is 9.90. The number of nitrogens with zero attached hydrogens (tertiary/aromatic N) is 8. The molecule has 0 aliphatic carbocycles. The van der Waals surface area contributed by atoms with Gasteiger partial charge in [0, 0.05) is 0 Å². The standard InChI is InChI=1S/C20H23FN10O11P2/c21-9-13-8(40-19(9)30-5-28-10-15(22)24-3-26-17(10)30)2-38-44(35,36)42-14-12(32)7(1-37-43(33,34)41-13)39-20(14)31-6-29-11-16(23)25-4-27-18(11)31/h3-9,12-14,19-20,32H,1-2H2,(H,33,34)(H,35,36)(H2,22,24,26)(H2,23,25,27)/t7-,8-,9+,12+,13+,14+,19-,20-/m1/s1. The van der Waals surface area contributed by atoms with Crippen LogP contribution in [0.25, 0.3) is 22.3 Å². The minimum atomic E-state index is -5.10. The third kappa shape index (κ3) is 5.03. The van der Waals surface area contributed by atoms with Crippen molar-refractivity contribution in [3.63, 3.8) is 0 Å². The molecule has 21 nitrogen and oxygen atoms in total.